The molecule has 4 N–H and O–H groups in total. The van der Waals surface area contributed by atoms with Gasteiger partial charge in [-0.15, -0.1) is 0 Å². The van der Waals surface area contributed by atoms with Gasteiger partial charge in [0, 0.05) is 0 Å². The second-order valence-electron chi connectivity index (χ2n) is 16.8. The van der Waals surface area contributed by atoms with Crippen molar-refractivity contribution >= 4 is 0 Å². The molecule has 8 nitrogen and oxygen atoms in total. The molecule has 0 fully saturated rings. The molecular formula is C36H64N2O6. The van der Waals surface area contributed by atoms with Crippen molar-refractivity contribution in [1.29, 1.82) is 0 Å². The monoisotopic (exact) mass is 620 g/mol. The molecule has 2 rings (SSSR count). The Kier molecular flexibility index (Phi) is 13.4. The summed E-state index contributed by atoms with van der Waals surface area (Å²) in [5.41, 5.74) is 10.8. The van der Waals surface area contributed by atoms with E-state index in [9.17, 15) is 0 Å². The zero-order valence-corrected chi connectivity index (χ0v) is 30.0. The van der Waals surface area contributed by atoms with Crippen LogP contribution in [-0.2, 0) is 45.4 Å². The van der Waals surface area contributed by atoms with E-state index < -0.39 is 0 Å². The Morgan fingerprint density at radius 3 is 1.09 bits per heavy atom. The summed E-state index contributed by atoms with van der Waals surface area (Å²) >= 11 is 0. The van der Waals surface area contributed by atoms with Crippen LogP contribution < -0.4 is 11.5 Å². The lowest BCUT2D eigenvalue weighted by Crippen LogP contribution is -2.35. The highest BCUT2D eigenvalue weighted by Gasteiger charge is 2.32. The molecule has 0 atom stereocenters. The van der Waals surface area contributed by atoms with Crippen molar-refractivity contribution in [2.45, 2.75) is 146 Å². The van der Waals surface area contributed by atoms with Crippen molar-refractivity contribution in [3.8, 4) is 0 Å². The van der Waals surface area contributed by atoms with Crippen molar-refractivity contribution in [2.24, 2.45) is 27.7 Å². The van der Waals surface area contributed by atoms with E-state index >= 15 is 0 Å². The van der Waals surface area contributed by atoms with E-state index in [4.69, 9.17) is 39.2 Å². The van der Waals surface area contributed by atoms with E-state index in [2.05, 4.69) is 83.1 Å². The van der Waals surface area contributed by atoms with Gasteiger partial charge in [0.15, 0.2) is 0 Å². The molecule has 0 aliphatic heterocycles. The Hall–Kier alpha value is -1.68. The smallest absolute Gasteiger partial charge is 0.130 e. The van der Waals surface area contributed by atoms with Crippen LogP contribution >= 0.6 is 0 Å². The van der Waals surface area contributed by atoms with E-state index in [0.29, 0.717) is 46.1 Å². The van der Waals surface area contributed by atoms with Crippen LogP contribution in [0.25, 0.3) is 0 Å². The third-order valence-electron chi connectivity index (χ3n) is 7.81. The van der Waals surface area contributed by atoms with E-state index in [0.717, 1.165) is 42.3 Å². The maximum absolute atomic E-state index is 6.31. The summed E-state index contributed by atoms with van der Waals surface area (Å²) in [6.07, 6.45) is 2.55. The Balaban J connectivity index is 1.76. The third-order valence-corrected chi connectivity index (χ3v) is 7.81. The summed E-state index contributed by atoms with van der Waals surface area (Å²) in [4.78, 5) is 0. The molecule has 0 spiro atoms. The molecule has 0 saturated carbocycles. The number of furan rings is 2. The molecule has 0 aliphatic rings. The Bertz CT molecular complexity index is 1130. The van der Waals surface area contributed by atoms with E-state index in [1.54, 1.807) is 0 Å². The van der Waals surface area contributed by atoms with E-state index in [1.165, 1.54) is 0 Å². The number of rotatable bonds is 21. The Morgan fingerprint density at radius 2 is 0.773 bits per heavy atom. The zero-order chi connectivity index (χ0) is 33.5. The van der Waals surface area contributed by atoms with Gasteiger partial charge in [0.25, 0.3) is 0 Å². The van der Waals surface area contributed by atoms with Crippen molar-refractivity contribution < 1.29 is 27.8 Å². The number of hydrogen-bond acceptors (Lipinski definition) is 8. The Labute approximate surface area is 267 Å². The highest BCUT2D eigenvalue weighted by Crippen LogP contribution is 2.33. The van der Waals surface area contributed by atoms with Crippen LogP contribution in [-0.4, -0.2) is 36.5 Å². The van der Waals surface area contributed by atoms with Crippen LogP contribution in [0.4, 0.5) is 0 Å². The molecule has 2 aromatic heterocycles. The summed E-state index contributed by atoms with van der Waals surface area (Å²) in [6, 6.07) is 7.84. The highest BCUT2D eigenvalue weighted by atomic mass is 16.5. The molecule has 0 unspecified atom stereocenters. The van der Waals surface area contributed by atoms with Gasteiger partial charge in [0.1, 0.15) is 49.5 Å². The van der Waals surface area contributed by atoms with Crippen LogP contribution in [0.3, 0.4) is 0 Å². The van der Waals surface area contributed by atoms with Crippen LogP contribution in [0.2, 0.25) is 0 Å². The molecule has 0 aromatic carbocycles. The summed E-state index contributed by atoms with van der Waals surface area (Å²) in [5, 5.41) is 0. The maximum atomic E-state index is 6.31. The minimum absolute atomic E-state index is 0.0216. The fraction of sp³-hybridized carbons (Fsp3) is 0.778. The molecule has 0 saturated heterocycles. The van der Waals surface area contributed by atoms with Gasteiger partial charge < -0.3 is 39.2 Å². The van der Waals surface area contributed by atoms with E-state index in [-0.39, 0.29) is 33.0 Å². The van der Waals surface area contributed by atoms with Crippen molar-refractivity contribution in [3.05, 3.63) is 47.3 Å². The summed E-state index contributed by atoms with van der Waals surface area (Å²) in [5.74, 6) is 3.16. The van der Waals surface area contributed by atoms with Gasteiger partial charge in [0.2, 0.25) is 0 Å². The first kappa shape index (κ1) is 38.5. The topological polar surface area (TPSA) is 115 Å². The fourth-order valence-electron chi connectivity index (χ4n) is 6.19. The molecule has 8 heteroatoms. The predicted molar refractivity (Wildman–Crippen MR) is 177 cm³/mol. The molecule has 0 radical (unpaired) electrons. The van der Waals surface area contributed by atoms with Crippen LogP contribution in [0.15, 0.2) is 33.1 Å². The average molecular weight is 621 g/mol. The van der Waals surface area contributed by atoms with Crippen molar-refractivity contribution in [1.82, 2.24) is 0 Å². The quantitative estimate of drug-likeness (QED) is 0.144. The number of nitrogens with two attached hydrogens (primary N) is 2. The lowest BCUT2D eigenvalue weighted by molar-refractivity contribution is -0.0791. The molecule has 0 bridgehead atoms. The standard InChI is InChI=1S/C36H64N2O6/c1-31(2,24-37)21-34(7,8)40-18-28-14-13-27(43-28)17-39-26-33(5,6)23-36(11,12)42-20-30-16-15-29(44-30)19-41-35(9,10)22-32(3,4)25-38/h13-16H,17-26,37-38H2,1-12H3. The highest BCUT2D eigenvalue weighted by molar-refractivity contribution is 5.07. The Morgan fingerprint density at radius 1 is 0.477 bits per heavy atom. The average Bonchev–Trinajstić information content (AvgIpc) is 3.53. The normalized spacial score (nSPS) is 14.0. The van der Waals surface area contributed by atoms with Gasteiger partial charge in [-0.2, -0.15) is 0 Å². The van der Waals surface area contributed by atoms with Gasteiger partial charge >= 0.3 is 0 Å². The first-order valence-electron chi connectivity index (χ1n) is 16.1. The lowest BCUT2D eigenvalue weighted by atomic mass is 9.82. The zero-order valence-electron chi connectivity index (χ0n) is 30.0. The van der Waals surface area contributed by atoms with Gasteiger partial charge in [0.05, 0.1) is 23.4 Å². The van der Waals surface area contributed by atoms with Crippen molar-refractivity contribution in [2.75, 3.05) is 19.7 Å². The van der Waals surface area contributed by atoms with E-state index in [1.807, 2.05) is 24.3 Å². The third kappa shape index (κ3) is 14.6. The van der Waals surface area contributed by atoms with Gasteiger partial charge in [-0.1, -0.05) is 41.5 Å². The SMILES string of the molecule is CC(C)(CN)CC(C)(C)OCc1ccc(COCC(C)(C)CC(C)(C)OCc2ccc(COC(C)(C)CC(C)(C)CN)o2)o1. The summed E-state index contributed by atoms with van der Waals surface area (Å²) in [6.45, 7) is 29.1. The summed E-state index contributed by atoms with van der Waals surface area (Å²) in [7, 11) is 0. The van der Waals surface area contributed by atoms with Crippen LogP contribution in [0.5, 0.6) is 0 Å². The number of ether oxygens (including phenoxy) is 4. The van der Waals surface area contributed by atoms with Crippen molar-refractivity contribution in [3.63, 3.8) is 0 Å². The molecule has 2 heterocycles. The first-order chi connectivity index (χ1) is 20.1. The maximum Gasteiger partial charge on any atom is 0.130 e. The minimum atomic E-state index is -0.368. The van der Waals surface area contributed by atoms with Gasteiger partial charge in [-0.25, -0.2) is 0 Å². The molecule has 0 aliphatic carbocycles. The molecule has 254 valence electrons. The summed E-state index contributed by atoms with van der Waals surface area (Å²) < 4.78 is 36.7. The molecule has 2 aromatic rings. The lowest BCUT2D eigenvalue weighted by Gasteiger charge is -2.34. The fourth-order valence-corrected chi connectivity index (χ4v) is 6.19. The van der Waals surface area contributed by atoms with Crippen LogP contribution in [0, 0.1) is 16.2 Å². The second kappa shape index (κ2) is 15.3. The second-order valence-corrected chi connectivity index (χ2v) is 16.8. The van der Waals surface area contributed by atoms with Gasteiger partial charge in [-0.3, -0.25) is 0 Å². The van der Waals surface area contributed by atoms with Crippen LogP contribution in [0.1, 0.15) is 125 Å². The largest absolute Gasteiger partial charge is 0.461 e. The molecule has 44 heavy (non-hydrogen) atoms. The first-order valence-corrected chi connectivity index (χ1v) is 16.1. The molecular weight excluding hydrogens is 556 g/mol. The predicted octanol–water partition coefficient (Wildman–Crippen LogP) is 8.14. The number of hydrogen-bond donors (Lipinski definition) is 2. The minimum Gasteiger partial charge on any atom is -0.461 e. The molecule has 0 amide bonds. The van der Waals surface area contributed by atoms with Gasteiger partial charge in [-0.05, 0) is 114 Å².